The van der Waals surface area contributed by atoms with E-state index in [0.717, 1.165) is 5.56 Å². The molecule has 0 saturated heterocycles. The third-order valence-corrected chi connectivity index (χ3v) is 5.16. The highest BCUT2D eigenvalue weighted by Gasteiger charge is 2.16. The van der Waals surface area contributed by atoms with Gasteiger partial charge in [-0.2, -0.15) is 5.26 Å². The molecule has 0 aliphatic carbocycles. The van der Waals surface area contributed by atoms with Crippen molar-refractivity contribution in [3.63, 3.8) is 0 Å². The van der Waals surface area contributed by atoms with Gasteiger partial charge in [0.15, 0.2) is 0 Å². The van der Waals surface area contributed by atoms with Gasteiger partial charge >= 0.3 is 0 Å². The van der Waals surface area contributed by atoms with Crippen LogP contribution in [0.2, 0.25) is 5.02 Å². The van der Waals surface area contributed by atoms with Crippen LogP contribution in [0.25, 0.3) is 0 Å². The number of aromatic amines is 1. The minimum absolute atomic E-state index is 0.0452. The predicted octanol–water partition coefficient (Wildman–Crippen LogP) is 3.74. The maximum absolute atomic E-state index is 12.7. The van der Waals surface area contributed by atoms with Crippen LogP contribution in [0.1, 0.15) is 39.2 Å². The summed E-state index contributed by atoms with van der Waals surface area (Å²) < 4.78 is 0. The van der Waals surface area contributed by atoms with Gasteiger partial charge in [0.25, 0.3) is 11.5 Å². The fourth-order valence-electron chi connectivity index (χ4n) is 3.30. The number of hydrogen-bond acceptors (Lipinski definition) is 5. The second-order valence-corrected chi connectivity index (χ2v) is 7.52. The number of nitrogens with one attached hydrogen (secondary N) is 3. The molecule has 3 aromatic rings. The van der Waals surface area contributed by atoms with Crippen LogP contribution in [-0.4, -0.2) is 21.8 Å². The maximum atomic E-state index is 12.7. The number of rotatable bonds is 6. The fourth-order valence-corrected chi connectivity index (χ4v) is 3.41. The number of nitrogens with zero attached hydrogens (tertiary/aromatic N) is 2. The summed E-state index contributed by atoms with van der Waals surface area (Å²) >= 11 is 5.81. The Labute approximate surface area is 189 Å². The van der Waals surface area contributed by atoms with Crippen molar-refractivity contribution in [2.24, 2.45) is 0 Å². The largest absolute Gasteiger partial charge is 0.325 e. The Balaban J connectivity index is 1.72. The average Bonchev–Trinajstić information content (AvgIpc) is 2.75. The quantitative estimate of drug-likeness (QED) is 0.528. The van der Waals surface area contributed by atoms with Gasteiger partial charge in [0.2, 0.25) is 5.91 Å². The van der Waals surface area contributed by atoms with Crippen LogP contribution in [0.3, 0.4) is 0 Å². The molecule has 9 heteroatoms. The number of carbonyl (C=O) groups excluding carboxylic acids is 2. The molecular weight excluding hydrogens is 430 g/mol. The number of carbonyl (C=O) groups is 2. The first kappa shape index (κ1) is 22.7. The van der Waals surface area contributed by atoms with Gasteiger partial charge in [-0.05, 0) is 55.7 Å². The van der Waals surface area contributed by atoms with Crippen LogP contribution < -0.4 is 16.2 Å². The lowest BCUT2D eigenvalue weighted by atomic mass is 9.99. The molecule has 3 N–H and O–H groups in total. The molecule has 0 atom stereocenters. The fraction of sp³-hybridized carbons (Fsp3) is 0.174. The summed E-state index contributed by atoms with van der Waals surface area (Å²) in [6, 6.07) is 11.7. The molecule has 0 saturated carbocycles. The van der Waals surface area contributed by atoms with Gasteiger partial charge in [-0.15, -0.1) is 0 Å². The number of amides is 2. The summed E-state index contributed by atoms with van der Waals surface area (Å²) in [5.41, 5.74) is 2.18. The molecule has 0 radical (unpaired) electrons. The van der Waals surface area contributed by atoms with Crippen LogP contribution in [0.4, 0.5) is 11.5 Å². The van der Waals surface area contributed by atoms with Crippen molar-refractivity contribution in [1.82, 2.24) is 9.97 Å². The summed E-state index contributed by atoms with van der Waals surface area (Å²) in [6.07, 6.45) is 1.86. The Bertz CT molecular complexity index is 1280. The van der Waals surface area contributed by atoms with Crippen molar-refractivity contribution in [2.45, 2.75) is 26.7 Å². The average molecular weight is 450 g/mol. The molecule has 2 amide bonds. The van der Waals surface area contributed by atoms with Gasteiger partial charge in [0, 0.05) is 18.3 Å². The first-order valence-corrected chi connectivity index (χ1v) is 10.1. The van der Waals surface area contributed by atoms with Gasteiger partial charge in [0.05, 0.1) is 16.3 Å². The number of anilines is 2. The third-order valence-electron chi connectivity index (χ3n) is 4.94. The normalized spacial score (nSPS) is 10.3. The zero-order valence-corrected chi connectivity index (χ0v) is 18.2. The molecule has 2 heterocycles. The molecule has 0 aliphatic rings. The van der Waals surface area contributed by atoms with Crippen molar-refractivity contribution in [3.05, 3.63) is 85.9 Å². The molecule has 0 fully saturated rings. The Morgan fingerprint density at radius 2 is 1.91 bits per heavy atom. The number of benzene rings is 1. The van der Waals surface area contributed by atoms with Crippen LogP contribution >= 0.6 is 11.6 Å². The van der Waals surface area contributed by atoms with Crippen LogP contribution in [0.15, 0.2) is 47.4 Å². The molecule has 32 heavy (non-hydrogen) atoms. The lowest BCUT2D eigenvalue weighted by molar-refractivity contribution is -0.116. The molecule has 2 aromatic heterocycles. The maximum Gasteiger partial charge on any atom is 0.266 e. The topological polar surface area (TPSA) is 128 Å². The van der Waals surface area contributed by atoms with Crippen LogP contribution in [-0.2, 0) is 11.2 Å². The van der Waals surface area contributed by atoms with E-state index in [0.29, 0.717) is 34.2 Å². The number of para-hydroxylation sites is 1. The number of pyridine rings is 2. The van der Waals surface area contributed by atoms with Gasteiger partial charge in [-0.3, -0.25) is 14.4 Å². The Morgan fingerprint density at radius 1 is 1.16 bits per heavy atom. The first-order valence-electron chi connectivity index (χ1n) is 9.74. The van der Waals surface area contributed by atoms with Crippen molar-refractivity contribution < 1.29 is 9.59 Å². The second kappa shape index (κ2) is 9.90. The van der Waals surface area contributed by atoms with E-state index in [4.69, 9.17) is 11.6 Å². The summed E-state index contributed by atoms with van der Waals surface area (Å²) in [5.74, 6) is -0.405. The van der Waals surface area contributed by atoms with Crippen molar-refractivity contribution in [2.75, 3.05) is 10.6 Å². The van der Waals surface area contributed by atoms with Gasteiger partial charge in [0.1, 0.15) is 17.5 Å². The summed E-state index contributed by atoms with van der Waals surface area (Å²) in [5, 5.41) is 15.1. The SMILES string of the molecule is Cc1[nH]c(=O)c(C#N)c(C)c1CCC(=O)Nc1ccccc1C(=O)Nc1ccc(Cl)cn1. The van der Waals surface area contributed by atoms with Gasteiger partial charge in [-0.1, -0.05) is 23.7 Å². The van der Waals surface area contributed by atoms with Crippen LogP contribution in [0.5, 0.6) is 0 Å². The standard InChI is InChI=1S/C23H20ClN5O3/c1-13-16(14(2)27-23(32)18(13)11-25)8-10-21(30)28-19-6-4-3-5-17(19)22(31)29-20-9-7-15(24)12-26-20/h3-7,9,12H,8,10H2,1-2H3,(H,27,32)(H,28,30)(H,26,29,31). The predicted molar refractivity (Wildman–Crippen MR) is 122 cm³/mol. The number of halogens is 1. The zero-order chi connectivity index (χ0) is 23.3. The number of nitriles is 1. The molecule has 1 aromatic carbocycles. The van der Waals surface area contributed by atoms with E-state index in [2.05, 4.69) is 20.6 Å². The van der Waals surface area contributed by atoms with E-state index in [1.165, 1.54) is 6.20 Å². The number of hydrogen-bond donors (Lipinski definition) is 3. The highest BCUT2D eigenvalue weighted by molar-refractivity contribution is 6.30. The first-order chi connectivity index (χ1) is 15.3. The molecule has 0 bridgehead atoms. The third kappa shape index (κ3) is 5.20. The molecule has 3 rings (SSSR count). The molecule has 8 nitrogen and oxygen atoms in total. The van der Waals surface area contributed by atoms with E-state index in [-0.39, 0.29) is 23.5 Å². The Morgan fingerprint density at radius 3 is 2.59 bits per heavy atom. The molecule has 162 valence electrons. The summed E-state index contributed by atoms with van der Waals surface area (Å²) in [6.45, 7) is 3.42. The van der Waals surface area contributed by atoms with Crippen molar-refractivity contribution >= 4 is 34.9 Å². The van der Waals surface area contributed by atoms with E-state index in [1.807, 2.05) is 6.07 Å². The second-order valence-electron chi connectivity index (χ2n) is 7.08. The molecule has 0 aliphatic heterocycles. The minimum Gasteiger partial charge on any atom is -0.325 e. The monoisotopic (exact) mass is 449 g/mol. The number of H-pyrrole nitrogens is 1. The zero-order valence-electron chi connectivity index (χ0n) is 17.5. The van der Waals surface area contributed by atoms with E-state index < -0.39 is 11.5 Å². The highest BCUT2D eigenvalue weighted by Crippen LogP contribution is 2.19. The van der Waals surface area contributed by atoms with E-state index in [9.17, 15) is 19.6 Å². The molecule has 0 unspecified atom stereocenters. The van der Waals surface area contributed by atoms with E-state index in [1.54, 1.807) is 50.2 Å². The number of aromatic nitrogens is 2. The number of aryl methyl sites for hydroxylation is 1. The smallest absolute Gasteiger partial charge is 0.266 e. The van der Waals surface area contributed by atoms with E-state index >= 15 is 0 Å². The summed E-state index contributed by atoms with van der Waals surface area (Å²) in [7, 11) is 0. The summed E-state index contributed by atoms with van der Waals surface area (Å²) in [4.78, 5) is 43.8. The van der Waals surface area contributed by atoms with Gasteiger partial charge in [-0.25, -0.2) is 4.98 Å². The van der Waals surface area contributed by atoms with Crippen molar-refractivity contribution in [3.8, 4) is 6.07 Å². The van der Waals surface area contributed by atoms with Crippen molar-refractivity contribution in [1.29, 1.82) is 5.26 Å². The molecular formula is C23H20ClN5O3. The highest BCUT2D eigenvalue weighted by atomic mass is 35.5. The lowest BCUT2D eigenvalue weighted by Crippen LogP contribution is -2.20. The van der Waals surface area contributed by atoms with Crippen LogP contribution in [0, 0.1) is 25.2 Å². The molecule has 0 spiro atoms. The lowest BCUT2D eigenvalue weighted by Gasteiger charge is -2.13. The minimum atomic E-state index is -0.439. The Kier molecular flexibility index (Phi) is 7.03. The Hall–Kier alpha value is -3.96. The van der Waals surface area contributed by atoms with Gasteiger partial charge < -0.3 is 15.6 Å².